The fourth-order valence-electron chi connectivity index (χ4n) is 4.10. The topological polar surface area (TPSA) is 21.4 Å². The third-order valence-corrected chi connectivity index (χ3v) is 5.73. The van der Waals surface area contributed by atoms with E-state index in [0.29, 0.717) is 5.69 Å². The largest absolute Gasteiger partial charge is 0.456 e. The van der Waals surface area contributed by atoms with E-state index in [4.69, 9.17) is 11.0 Å². The van der Waals surface area contributed by atoms with Gasteiger partial charge < -0.3 is 4.42 Å². The highest BCUT2D eigenvalue weighted by Crippen LogP contribution is 2.39. The summed E-state index contributed by atoms with van der Waals surface area (Å²) in [4.78, 5) is 3.54. The molecule has 2 aromatic heterocycles. The van der Waals surface area contributed by atoms with Gasteiger partial charge in [-0.1, -0.05) is 24.3 Å². The molecule has 3 nitrogen and oxygen atoms in total. The molecular weight excluding hydrogens is 344 g/mol. The van der Waals surface area contributed by atoms with Gasteiger partial charge in [0.25, 0.3) is 0 Å². The third-order valence-electron chi connectivity index (χ3n) is 5.73. The molecule has 0 bridgehead atoms. The fraction of sp³-hybridized carbons (Fsp3) is 0.120. The van der Waals surface area contributed by atoms with Crippen molar-refractivity contribution in [3.05, 3.63) is 83.2 Å². The van der Waals surface area contributed by atoms with E-state index in [2.05, 4.69) is 72.8 Å². The first-order valence-corrected chi connectivity index (χ1v) is 9.30. The van der Waals surface area contributed by atoms with Gasteiger partial charge in [0.05, 0.1) is 12.1 Å². The minimum absolute atomic E-state index is 0.595. The van der Waals surface area contributed by atoms with Crippen LogP contribution in [0, 0.1) is 20.4 Å². The Morgan fingerprint density at radius 3 is 2.57 bits per heavy atom. The van der Waals surface area contributed by atoms with Gasteiger partial charge >= 0.3 is 0 Å². The van der Waals surface area contributed by atoms with E-state index < -0.39 is 0 Å². The lowest BCUT2D eigenvalue weighted by Gasteiger charge is -2.10. The minimum atomic E-state index is 0.595. The van der Waals surface area contributed by atoms with Crippen LogP contribution >= 0.6 is 0 Å². The Bertz CT molecular complexity index is 1450. The van der Waals surface area contributed by atoms with Crippen LogP contribution < -0.4 is 4.57 Å². The van der Waals surface area contributed by atoms with Gasteiger partial charge in [-0.25, -0.2) is 4.85 Å². The maximum atomic E-state index is 7.28. The zero-order valence-electron chi connectivity index (χ0n) is 16.1. The summed E-state index contributed by atoms with van der Waals surface area (Å²) in [6.07, 6.45) is 0. The Hall–Kier alpha value is -3.64. The predicted molar refractivity (Wildman–Crippen MR) is 114 cm³/mol. The summed E-state index contributed by atoms with van der Waals surface area (Å²) in [5.74, 6) is 0. The van der Waals surface area contributed by atoms with Crippen LogP contribution in [-0.2, 0) is 7.05 Å². The van der Waals surface area contributed by atoms with Gasteiger partial charge in [-0.2, -0.15) is 4.57 Å². The van der Waals surface area contributed by atoms with Gasteiger partial charge in [-0.05, 0) is 49.2 Å². The zero-order valence-corrected chi connectivity index (χ0v) is 16.1. The molecule has 0 aliphatic rings. The van der Waals surface area contributed by atoms with Crippen LogP contribution in [0.1, 0.15) is 11.1 Å². The second kappa shape index (κ2) is 5.94. The lowest BCUT2D eigenvalue weighted by molar-refractivity contribution is -0.633. The number of nitrogens with zero attached hydrogens (tertiary/aromatic N) is 2. The molecule has 3 heteroatoms. The summed E-state index contributed by atoms with van der Waals surface area (Å²) < 4.78 is 8.56. The highest BCUT2D eigenvalue weighted by molar-refractivity contribution is 6.10. The summed E-state index contributed by atoms with van der Waals surface area (Å²) in [6, 6.07) is 20.6. The van der Waals surface area contributed by atoms with Crippen LogP contribution in [0.5, 0.6) is 0 Å². The van der Waals surface area contributed by atoms with Crippen molar-refractivity contribution in [2.24, 2.45) is 7.05 Å². The van der Waals surface area contributed by atoms with Gasteiger partial charge in [0.15, 0.2) is 5.69 Å². The molecule has 134 valence electrons. The number of hydrogen-bond acceptors (Lipinski definition) is 1. The van der Waals surface area contributed by atoms with Gasteiger partial charge in [0.1, 0.15) is 18.2 Å². The van der Waals surface area contributed by atoms with Crippen LogP contribution in [0.4, 0.5) is 5.69 Å². The van der Waals surface area contributed by atoms with E-state index in [1.54, 1.807) is 0 Å². The van der Waals surface area contributed by atoms with Crippen LogP contribution in [-0.4, -0.2) is 0 Å². The molecule has 0 spiro atoms. The summed E-state index contributed by atoms with van der Waals surface area (Å²) in [6.45, 7) is 11.6. The van der Waals surface area contributed by atoms with Crippen molar-refractivity contribution < 1.29 is 8.98 Å². The Kier molecular flexibility index (Phi) is 3.50. The van der Waals surface area contributed by atoms with Crippen molar-refractivity contribution in [3.8, 4) is 11.3 Å². The van der Waals surface area contributed by atoms with Crippen molar-refractivity contribution in [1.29, 1.82) is 0 Å². The number of aryl methyl sites for hydroxylation is 2. The SMILES string of the molecule is [C-]#[N+]c1ccc2c(c1)oc1c(-c3ccc4ccccc4[n+]3C)c(C)c(C)cc12. The number of pyridine rings is 1. The maximum Gasteiger partial charge on any atom is 0.216 e. The zero-order chi connectivity index (χ0) is 19.4. The van der Waals surface area contributed by atoms with Crippen LogP contribution in [0.25, 0.3) is 48.9 Å². The van der Waals surface area contributed by atoms with Crippen molar-refractivity contribution in [3.63, 3.8) is 0 Å². The van der Waals surface area contributed by atoms with Gasteiger partial charge in [-0.15, -0.1) is 0 Å². The molecule has 0 aliphatic carbocycles. The average molecular weight is 363 g/mol. The Labute approximate surface area is 163 Å². The number of benzene rings is 3. The highest BCUT2D eigenvalue weighted by Gasteiger charge is 2.23. The molecule has 3 aromatic carbocycles. The number of hydrogen-bond donors (Lipinski definition) is 0. The van der Waals surface area contributed by atoms with E-state index in [-0.39, 0.29) is 0 Å². The summed E-state index contributed by atoms with van der Waals surface area (Å²) >= 11 is 0. The molecule has 0 N–H and O–H groups in total. The summed E-state index contributed by atoms with van der Waals surface area (Å²) in [5.41, 5.74) is 8.09. The molecule has 0 atom stereocenters. The number of fused-ring (bicyclic) bond motifs is 4. The molecule has 2 heterocycles. The predicted octanol–water partition coefficient (Wildman–Crippen LogP) is 6.40. The molecule has 28 heavy (non-hydrogen) atoms. The molecule has 0 amide bonds. The summed E-state index contributed by atoms with van der Waals surface area (Å²) in [7, 11) is 2.10. The molecule has 0 saturated heterocycles. The van der Waals surface area contributed by atoms with Crippen molar-refractivity contribution in [2.75, 3.05) is 0 Å². The third kappa shape index (κ3) is 2.25. The number of para-hydroxylation sites is 1. The van der Waals surface area contributed by atoms with E-state index >= 15 is 0 Å². The first kappa shape index (κ1) is 16.5. The molecule has 0 unspecified atom stereocenters. The van der Waals surface area contributed by atoms with Crippen molar-refractivity contribution in [1.82, 2.24) is 0 Å². The van der Waals surface area contributed by atoms with Gasteiger partial charge in [0.2, 0.25) is 11.2 Å². The van der Waals surface area contributed by atoms with Gasteiger partial charge in [0, 0.05) is 28.3 Å². The van der Waals surface area contributed by atoms with Crippen molar-refractivity contribution >= 4 is 38.5 Å². The van der Waals surface area contributed by atoms with Gasteiger partial charge in [-0.3, -0.25) is 0 Å². The summed E-state index contributed by atoms with van der Waals surface area (Å²) in [5, 5.41) is 3.36. The first-order valence-electron chi connectivity index (χ1n) is 9.30. The molecule has 0 radical (unpaired) electrons. The van der Waals surface area contributed by atoms with E-state index in [9.17, 15) is 0 Å². The van der Waals surface area contributed by atoms with Crippen LogP contribution in [0.2, 0.25) is 0 Å². The monoisotopic (exact) mass is 363 g/mol. The smallest absolute Gasteiger partial charge is 0.216 e. The van der Waals surface area contributed by atoms with Crippen molar-refractivity contribution in [2.45, 2.75) is 13.8 Å². The molecular formula is C25H19N2O+. The normalized spacial score (nSPS) is 11.4. The molecule has 0 aliphatic heterocycles. The fourth-order valence-corrected chi connectivity index (χ4v) is 4.10. The molecule has 0 fully saturated rings. The Morgan fingerprint density at radius 1 is 0.929 bits per heavy atom. The number of aromatic nitrogens is 1. The quantitative estimate of drug-likeness (QED) is 0.249. The van der Waals surface area contributed by atoms with Crippen LogP contribution in [0.15, 0.2) is 65.1 Å². The number of rotatable bonds is 1. The van der Waals surface area contributed by atoms with Crippen LogP contribution in [0.3, 0.4) is 0 Å². The first-order chi connectivity index (χ1) is 13.6. The molecule has 0 saturated carbocycles. The van der Waals surface area contributed by atoms with E-state index in [0.717, 1.165) is 33.2 Å². The van der Waals surface area contributed by atoms with E-state index in [1.165, 1.54) is 22.0 Å². The Morgan fingerprint density at radius 2 is 1.75 bits per heavy atom. The highest BCUT2D eigenvalue weighted by atomic mass is 16.3. The lowest BCUT2D eigenvalue weighted by Crippen LogP contribution is -2.32. The molecule has 5 rings (SSSR count). The Balaban J connectivity index is 1.93. The second-order valence-corrected chi connectivity index (χ2v) is 7.30. The van der Waals surface area contributed by atoms with E-state index in [1.807, 2.05) is 18.2 Å². The lowest BCUT2D eigenvalue weighted by atomic mass is 9.96. The number of furan rings is 1. The maximum absolute atomic E-state index is 7.28. The minimum Gasteiger partial charge on any atom is -0.456 e. The standard InChI is InChI=1S/C25H19N2O/c1-15-13-20-19-11-10-18(26-3)14-23(19)28-25(20)24(16(15)2)22-12-9-17-7-5-6-8-21(17)27(22)4/h5-14H,1-2,4H3/q+1. The average Bonchev–Trinajstić information content (AvgIpc) is 3.07. The second-order valence-electron chi connectivity index (χ2n) is 7.30. The molecule has 5 aromatic rings.